The minimum absolute atomic E-state index is 0.0431. The van der Waals surface area contributed by atoms with E-state index in [1.165, 1.54) is 0 Å². The van der Waals surface area contributed by atoms with Crippen molar-refractivity contribution in [3.05, 3.63) is 30.1 Å². The van der Waals surface area contributed by atoms with Gasteiger partial charge in [0, 0.05) is 38.8 Å². The largest absolute Gasteiger partial charge is 0.341 e. The molecule has 1 aliphatic rings. The smallest absolute Gasteiger partial charge is 0.272 e. The van der Waals surface area contributed by atoms with Crippen LogP contribution in [0.15, 0.2) is 24.4 Å². The van der Waals surface area contributed by atoms with Gasteiger partial charge in [-0.2, -0.15) is 0 Å². The van der Waals surface area contributed by atoms with Crippen molar-refractivity contribution in [3.63, 3.8) is 0 Å². The summed E-state index contributed by atoms with van der Waals surface area (Å²) in [5.41, 5.74) is 0.475. The van der Waals surface area contributed by atoms with Crippen molar-refractivity contribution in [2.75, 3.05) is 26.2 Å². The molecule has 1 aromatic rings. The summed E-state index contributed by atoms with van der Waals surface area (Å²) in [6.07, 6.45) is 5.04. The lowest BCUT2D eigenvalue weighted by molar-refractivity contribution is -0.131. The maximum absolute atomic E-state index is 12.4. The Labute approximate surface area is 126 Å². The molecule has 5 nitrogen and oxygen atoms in total. The Hall–Kier alpha value is -1.91. The molecule has 2 rings (SSSR count). The maximum atomic E-state index is 12.4. The second-order valence-electron chi connectivity index (χ2n) is 5.35. The van der Waals surface area contributed by atoms with Crippen LogP contribution in [0.2, 0.25) is 0 Å². The summed E-state index contributed by atoms with van der Waals surface area (Å²) in [6.45, 7) is 4.73. The maximum Gasteiger partial charge on any atom is 0.272 e. The molecule has 21 heavy (non-hydrogen) atoms. The lowest BCUT2D eigenvalue weighted by Gasteiger charge is -2.22. The third-order valence-corrected chi connectivity index (χ3v) is 3.76. The van der Waals surface area contributed by atoms with Crippen molar-refractivity contribution < 1.29 is 9.59 Å². The molecule has 1 fully saturated rings. The molecule has 0 spiro atoms. The SMILES string of the molecule is CCCCC(=O)N1CCCN(C(=O)c2ccccn2)CC1. The molecule has 0 bridgehead atoms. The van der Waals surface area contributed by atoms with Gasteiger partial charge < -0.3 is 9.80 Å². The molecular weight excluding hydrogens is 266 g/mol. The minimum Gasteiger partial charge on any atom is -0.341 e. The number of carbonyl (C=O) groups excluding carboxylic acids is 2. The highest BCUT2D eigenvalue weighted by Crippen LogP contribution is 2.09. The molecule has 0 radical (unpaired) electrons. The normalized spacial score (nSPS) is 15.7. The molecule has 0 unspecified atom stereocenters. The average Bonchev–Trinajstić information content (AvgIpc) is 2.79. The van der Waals surface area contributed by atoms with Crippen molar-refractivity contribution in [2.24, 2.45) is 0 Å². The summed E-state index contributed by atoms with van der Waals surface area (Å²) in [6, 6.07) is 5.35. The number of carbonyl (C=O) groups is 2. The van der Waals surface area contributed by atoms with E-state index in [2.05, 4.69) is 11.9 Å². The first kappa shape index (κ1) is 15.5. The zero-order valence-electron chi connectivity index (χ0n) is 12.6. The number of unbranched alkanes of at least 4 members (excludes halogenated alkanes) is 1. The van der Waals surface area contributed by atoms with E-state index in [0.717, 1.165) is 25.8 Å². The number of nitrogens with zero attached hydrogens (tertiary/aromatic N) is 3. The third kappa shape index (κ3) is 4.28. The van der Waals surface area contributed by atoms with Gasteiger partial charge >= 0.3 is 0 Å². The van der Waals surface area contributed by atoms with Gasteiger partial charge in [0.2, 0.25) is 5.91 Å². The fraction of sp³-hybridized carbons (Fsp3) is 0.562. The number of hydrogen-bond donors (Lipinski definition) is 0. The van der Waals surface area contributed by atoms with E-state index in [0.29, 0.717) is 31.7 Å². The Morgan fingerprint density at radius 2 is 1.90 bits per heavy atom. The summed E-state index contributed by atoms with van der Waals surface area (Å²) in [7, 11) is 0. The number of rotatable bonds is 4. The Morgan fingerprint density at radius 1 is 1.14 bits per heavy atom. The van der Waals surface area contributed by atoms with Gasteiger partial charge in [0.05, 0.1) is 0 Å². The molecule has 0 N–H and O–H groups in total. The van der Waals surface area contributed by atoms with Crippen molar-refractivity contribution in [2.45, 2.75) is 32.6 Å². The van der Waals surface area contributed by atoms with Crippen LogP contribution >= 0.6 is 0 Å². The Balaban J connectivity index is 1.91. The second-order valence-corrected chi connectivity index (χ2v) is 5.35. The summed E-state index contributed by atoms with van der Waals surface area (Å²) < 4.78 is 0. The van der Waals surface area contributed by atoms with E-state index in [9.17, 15) is 9.59 Å². The molecule has 2 amide bonds. The van der Waals surface area contributed by atoms with Gasteiger partial charge in [-0.25, -0.2) is 0 Å². The Bertz CT molecular complexity index is 476. The van der Waals surface area contributed by atoms with Gasteiger partial charge in [-0.15, -0.1) is 0 Å². The molecule has 1 aliphatic heterocycles. The van der Waals surface area contributed by atoms with Gasteiger partial charge in [-0.3, -0.25) is 14.6 Å². The standard InChI is InChI=1S/C16H23N3O2/c1-2-3-8-15(20)18-10-6-11-19(13-12-18)16(21)14-7-4-5-9-17-14/h4-5,7,9H,2-3,6,8,10-13H2,1H3. The van der Waals surface area contributed by atoms with Crippen LogP contribution in [0, 0.1) is 0 Å². The van der Waals surface area contributed by atoms with Gasteiger partial charge in [0.1, 0.15) is 5.69 Å². The van der Waals surface area contributed by atoms with Gasteiger partial charge in [0.25, 0.3) is 5.91 Å². The molecule has 0 aliphatic carbocycles. The van der Waals surface area contributed by atoms with Crippen LogP contribution in [0.3, 0.4) is 0 Å². The van der Waals surface area contributed by atoms with Gasteiger partial charge in [-0.1, -0.05) is 19.4 Å². The topological polar surface area (TPSA) is 53.5 Å². The van der Waals surface area contributed by atoms with Crippen molar-refractivity contribution in [1.82, 2.24) is 14.8 Å². The first-order valence-electron chi connectivity index (χ1n) is 7.70. The minimum atomic E-state index is -0.0431. The summed E-state index contributed by atoms with van der Waals surface area (Å²) >= 11 is 0. The highest BCUT2D eigenvalue weighted by molar-refractivity contribution is 5.92. The van der Waals surface area contributed by atoms with Crippen LogP contribution < -0.4 is 0 Å². The Morgan fingerprint density at radius 3 is 2.62 bits per heavy atom. The van der Waals surface area contributed by atoms with Crippen LogP contribution in [-0.4, -0.2) is 52.8 Å². The van der Waals surface area contributed by atoms with E-state index in [1.807, 2.05) is 11.0 Å². The number of aromatic nitrogens is 1. The zero-order valence-corrected chi connectivity index (χ0v) is 12.6. The Kier molecular flexibility index (Phi) is 5.72. The molecule has 2 heterocycles. The van der Waals surface area contributed by atoms with E-state index in [4.69, 9.17) is 0 Å². The van der Waals surface area contributed by atoms with Crippen LogP contribution in [0.25, 0.3) is 0 Å². The lowest BCUT2D eigenvalue weighted by Crippen LogP contribution is -2.37. The van der Waals surface area contributed by atoms with Crippen LogP contribution in [0.4, 0.5) is 0 Å². The van der Waals surface area contributed by atoms with Gasteiger partial charge in [0.15, 0.2) is 0 Å². The van der Waals surface area contributed by atoms with E-state index < -0.39 is 0 Å². The predicted octanol–water partition coefficient (Wildman–Crippen LogP) is 1.95. The molecule has 1 aromatic heterocycles. The van der Waals surface area contributed by atoms with Crippen LogP contribution in [-0.2, 0) is 4.79 Å². The molecular formula is C16H23N3O2. The average molecular weight is 289 g/mol. The third-order valence-electron chi connectivity index (χ3n) is 3.76. The fourth-order valence-corrected chi connectivity index (χ4v) is 2.51. The van der Waals surface area contributed by atoms with Crippen molar-refractivity contribution in [1.29, 1.82) is 0 Å². The van der Waals surface area contributed by atoms with Crippen LogP contribution in [0.1, 0.15) is 43.1 Å². The molecule has 0 aromatic carbocycles. The lowest BCUT2D eigenvalue weighted by atomic mass is 10.2. The molecule has 114 valence electrons. The molecule has 0 atom stereocenters. The highest BCUT2D eigenvalue weighted by Gasteiger charge is 2.22. The monoisotopic (exact) mass is 289 g/mol. The summed E-state index contributed by atoms with van der Waals surface area (Å²) in [4.78, 5) is 32.2. The molecule has 0 saturated carbocycles. The zero-order chi connectivity index (χ0) is 15.1. The van der Waals surface area contributed by atoms with E-state index in [-0.39, 0.29) is 11.8 Å². The van der Waals surface area contributed by atoms with Gasteiger partial charge in [-0.05, 0) is 25.0 Å². The molecule has 5 heteroatoms. The quantitative estimate of drug-likeness (QED) is 0.851. The number of pyridine rings is 1. The first-order valence-corrected chi connectivity index (χ1v) is 7.70. The highest BCUT2D eigenvalue weighted by atomic mass is 16.2. The number of hydrogen-bond acceptors (Lipinski definition) is 3. The van der Waals surface area contributed by atoms with E-state index in [1.54, 1.807) is 23.2 Å². The van der Waals surface area contributed by atoms with Crippen LogP contribution in [0.5, 0.6) is 0 Å². The first-order chi connectivity index (χ1) is 10.2. The molecule has 1 saturated heterocycles. The predicted molar refractivity (Wildman–Crippen MR) is 80.9 cm³/mol. The van der Waals surface area contributed by atoms with Crippen molar-refractivity contribution in [3.8, 4) is 0 Å². The summed E-state index contributed by atoms with van der Waals surface area (Å²) in [5, 5.41) is 0. The summed E-state index contributed by atoms with van der Waals surface area (Å²) in [5.74, 6) is 0.169. The second kappa shape index (κ2) is 7.76. The van der Waals surface area contributed by atoms with Crippen molar-refractivity contribution >= 4 is 11.8 Å². The van der Waals surface area contributed by atoms with E-state index >= 15 is 0 Å². The fourth-order valence-electron chi connectivity index (χ4n) is 2.51. The number of amides is 2.